The van der Waals surface area contributed by atoms with Gasteiger partial charge in [-0.2, -0.15) is 0 Å². The van der Waals surface area contributed by atoms with Gasteiger partial charge >= 0.3 is 0 Å². The van der Waals surface area contributed by atoms with E-state index in [1.54, 1.807) is 12.4 Å². The molecule has 3 rings (SSSR count). The Hall–Kier alpha value is -2.00. The van der Waals surface area contributed by atoms with Crippen molar-refractivity contribution in [1.29, 1.82) is 0 Å². The third-order valence-corrected chi connectivity index (χ3v) is 4.03. The first-order valence-corrected chi connectivity index (χ1v) is 6.91. The summed E-state index contributed by atoms with van der Waals surface area (Å²) < 4.78 is 5.46. The molecule has 102 valence electrons. The van der Waals surface area contributed by atoms with E-state index in [9.17, 15) is 4.79 Å². The molecule has 1 aromatic carbocycles. The number of Topliss-reactive ketones (excluding diaryl/α,β-unsaturated/α-hetero) is 1. The van der Waals surface area contributed by atoms with E-state index >= 15 is 0 Å². The van der Waals surface area contributed by atoms with Crippen LogP contribution >= 0.6 is 0 Å². The summed E-state index contributed by atoms with van der Waals surface area (Å²) in [6.07, 6.45) is 4.80. The zero-order chi connectivity index (χ0) is 13.8. The van der Waals surface area contributed by atoms with Crippen LogP contribution in [0.25, 0.3) is 0 Å². The Balaban J connectivity index is 2.05. The molecule has 0 saturated carbocycles. The first kappa shape index (κ1) is 13.0. The van der Waals surface area contributed by atoms with Gasteiger partial charge in [-0.1, -0.05) is 30.3 Å². The van der Waals surface area contributed by atoms with Gasteiger partial charge in [0.1, 0.15) is 0 Å². The molecular weight excluding hydrogens is 250 g/mol. The summed E-state index contributed by atoms with van der Waals surface area (Å²) in [6.45, 7) is 1.25. The highest BCUT2D eigenvalue weighted by atomic mass is 16.5. The predicted molar refractivity (Wildman–Crippen MR) is 76.7 cm³/mol. The lowest BCUT2D eigenvalue weighted by Gasteiger charge is -2.36. The van der Waals surface area contributed by atoms with Crippen LogP contribution in [0.3, 0.4) is 0 Å². The number of rotatable bonds is 3. The summed E-state index contributed by atoms with van der Waals surface area (Å²) in [6, 6.07) is 13.7. The summed E-state index contributed by atoms with van der Waals surface area (Å²) in [7, 11) is 0. The molecule has 2 aromatic rings. The maximum absolute atomic E-state index is 13.0. The van der Waals surface area contributed by atoms with Crippen molar-refractivity contribution in [2.45, 2.75) is 18.3 Å². The van der Waals surface area contributed by atoms with Gasteiger partial charge in [0.05, 0.1) is 5.41 Å². The van der Waals surface area contributed by atoms with Crippen LogP contribution in [0, 0.1) is 0 Å². The van der Waals surface area contributed by atoms with Crippen LogP contribution in [0.2, 0.25) is 0 Å². The second kappa shape index (κ2) is 5.55. The molecule has 2 heterocycles. The number of aromatic nitrogens is 1. The monoisotopic (exact) mass is 267 g/mol. The summed E-state index contributed by atoms with van der Waals surface area (Å²) in [5.74, 6) is 0.153. The van der Waals surface area contributed by atoms with Gasteiger partial charge in [-0.15, -0.1) is 0 Å². The van der Waals surface area contributed by atoms with E-state index < -0.39 is 5.41 Å². The third kappa shape index (κ3) is 2.25. The maximum atomic E-state index is 13.0. The number of ketones is 1. The van der Waals surface area contributed by atoms with E-state index in [1.165, 1.54) is 0 Å². The molecular formula is C17H17NO2. The highest BCUT2D eigenvalue weighted by Gasteiger charge is 2.41. The molecule has 0 amide bonds. The molecule has 1 aliphatic heterocycles. The molecule has 1 aromatic heterocycles. The number of hydrogen-bond acceptors (Lipinski definition) is 3. The lowest BCUT2D eigenvalue weighted by atomic mass is 9.69. The van der Waals surface area contributed by atoms with Crippen molar-refractivity contribution in [3.05, 3.63) is 66.0 Å². The lowest BCUT2D eigenvalue weighted by Crippen LogP contribution is -2.41. The number of ether oxygens (including phenoxy) is 1. The van der Waals surface area contributed by atoms with E-state index in [4.69, 9.17) is 4.74 Å². The molecule has 0 bridgehead atoms. The van der Waals surface area contributed by atoms with Crippen molar-refractivity contribution in [3.63, 3.8) is 0 Å². The van der Waals surface area contributed by atoms with Crippen molar-refractivity contribution in [2.24, 2.45) is 0 Å². The van der Waals surface area contributed by atoms with E-state index in [-0.39, 0.29) is 5.78 Å². The average Bonchev–Trinajstić information content (AvgIpc) is 2.56. The highest BCUT2D eigenvalue weighted by Crippen LogP contribution is 2.37. The fourth-order valence-corrected chi connectivity index (χ4v) is 2.90. The number of carbonyl (C=O) groups is 1. The quantitative estimate of drug-likeness (QED) is 0.802. The van der Waals surface area contributed by atoms with Crippen LogP contribution in [0.1, 0.15) is 28.8 Å². The topological polar surface area (TPSA) is 39.2 Å². The van der Waals surface area contributed by atoms with Gasteiger partial charge in [0.15, 0.2) is 5.78 Å². The van der Waals surface area contributed by atoms with Crippen LogP contribution in [0.5, 0.6) is 0 Å². The number of carbonyl (C=O) groups excluding carboxylic acids is 1. The summed E-state index contributed by atoms with van der Waals surface area (Å²) in [4.78, 5) is 17.1. The van der Waals surface area contributed by atoms with Crippen molar-refractivity contribution in [1.82, 2.24) is 4.98 Å². The molecule has 3 nitrogen and oxygen atoms in total. The summed E-state index contributed by atoms with van der Waals surface area (Å²) in [5, 5.41) is 0. The molecule has 0 radical (unpaired) electrons. The smallest absolute Gasteiger partial charge is 0.175 e. The van der Waals surface area contributed by atoms with Gasteiger partial charge in [0, 0.05) is 31.2 Å². The van der Waals surface area contributed by atoms with Gasteiger partial charge < -0.3 is 4.74 Å². The number of nitrogens with zero attached hydrogens (tertiary/aromatic N) is 1. The van der Waals surface area contributed by atoms with Gasteiger partial charge in [-0.3, -0.25) is 9.78 Å². The SMILES string of the molecule is O=C(c1cccnc1)C1(c2ccccc2)CCOCC1. The van der Waals surface area contributed by atoms with E-state index in [0.29, 0.717) is 18.8 Å². The molecule has 1 aliphatic rings. The molecule has 0 aliphatic carbocycles. The molecule has 3 heteroatoms. The Bertz CT molecular complexity index is 574. The Morgan fingerprint density at radius 3 is 2.45 bits per heavy atom. The fraction of sp³-hybridized carbons (Fsp3) is 0.294. The molecule has 0 unspecified atom stereocenters. The van der Waals surface area contributed by atoms with Crippen LogP contribution in [-0.2, 0) is 10.2 Å². The second-order valence-electron chi connectivity index (χ2n) is 5.13. The first-order valence-electron chi connectivity index (χ1n) is 6.91. The minimum absolute atomic E-state index is 0.153. The normalized spacial score (nSPS) is 17.6. The minimum Gasteiger partial charge on any atom is -0.381 e. The lowest BCUT2D eigenvalue weighted by molar-refractivity contribution is 0.0423. The zero-order valence-corrected chi connectivity index (χ0v) is 11.3. The molecule has 0 spiro atoms. The molecule has 1 fully saturated rings. The van der Waals surface area contributed by atoms with Crippen LogP contribution in [0.15, 0.2) is 54.9 Å². The Labute approximate surface area is 118 Å². The predicted octanol–water partition coefficient (Wildman–Crippen LogP) is 3.01. The van der Waals surface area contributed by atoms with E-state index in [2.05, 4.69) is 4.98 Å². The van der Waals surface area contributed by atoms with Crippen molar-refractivity contribution < 1.29 is 9.53 Å². The second-order valence-corrected chi connectivity index (χ2v) is 5.13. The number of hydrogen-bond donors (Lipinski definition) is 0. The number of pyridine rings is 1. The van der Waals surface area contributed by atoms with Crippen molar-refractivity contribution in [3.8, 4) is 0 Å². The third-order valence-electron chi connectivity index (χ3n) is 4.03. The summed E-state index contributed by atoms with van der Waals surface area (Å²) >= 11 is 0. The van der Waals surface area contributed by atoms with Crippen LogP contribution in [-0.4, -0.2) is 24.0 Å². The maximum Gasteiger partial charge on any atom is 0.175 e. The molecule has 1 saturated heterocycles. The standard InChI is InChI=1S/C17H17NO2/c19-16(14-5-4-10-18-13-14)17(8-11-20-12-9-17)15-6-2-1-3-7-15/h1-7,10,13H,8-9,11-12H2. The van der Waals surface area contributed by atoms with Crippen LogP contribution in [0.4, 0.5) is 0 Å². The Morgan fingerprint density at radius 2 is 1.80 bits per heavy atom. The van der Waals surface area contributed by atoms with Crippen molar-refractivity contribution >= 4 is 5.78 Å². The minimum atomic E-state index is -0.470. The van der Waals surface area contributed by atoms with E-state index in [0.717, 1.165) is 18.4 Å². The molecule has 0 atom stereocenters. The van der Waals surface area contributed by atoms with Gasteiger partial charge in [0.2, 0.25) is 0 Å². The highest BCUT2D eigenvalue weighted by molar-refractivity contribution is 6.04. The van der Waals surface area contributed by atoms with Crippen LogP contribution < -0.4 is 0 Å². The van der Waals surface area contributed by atoms with Crippen molar-refractivity contribution in [2.75, 3.05) is 13.2 Å². The molecule has 20 heavy (non-hydrogen) atoms. The largest absolute Gasteiger partial charge is 0.381 e. The van der Waals surface area contributed by atoms with E-state index in [1.807, 2.05) is 42.5 Å². The molecule has 0 N–H and O–H groups in total. The fourth-order valence-electron chi connectivity index (χ4n) is 2.90. The first-order chi connectivity index (χ1) is 9.83. The van der Waals surface area contributed by atoms with Gasteiger partial charge in [-0.25, -0.2) is 0 Å². The van der Waals surface area contributed by atoms with Gasteiger partial charge in [-0.05, 0) is 30.5 Å². The number of benzene rings is 1. The zero-order valence-electron chi connectivity index (χ0n) is 11.3. The average molecular weight is 267 g/mol. The summed E-state index contributed by atoms with van der Waals surface area (Å²) in [5.41, 5.74) is 1.29. The Kier molecular flexibility index (Phi) is 3.61. The van der Waals surface area contributed by atoms with Gasteiger partial charge in [0.25, 0.3) is 0 Å². The Morgan fingerprint density at radius 1 is 1.05 bits per heavy atom.